The summed E-state index contributed by atoms with van der Waals surface area (Å²) < 4.78 is 15.1. The van der Waals surface area contributed by atoms with E-state index in [1.165, 1.54) is 13.3 Å². The minimum atomic E-state index is -0.562. The summed E-state index contributed by atoms with van der Waals surface area (Å²) in [6.45, 7) is 1.65. The smallest absolute Gasteiger partial charge is 0.374 e. The molecule has 1 aliphatic carbocycles. The van der Waals surface area contributed by atoms with Crippen LogP contribution in [-0.2, 0) is 16.1 Å². The van der Waals surface area contributed by atoms with Gasteiger partial charge in [-0.05, 0) is 38.0 Å². The molecule has 3 rings (SSSR count). The van der Waals surface area contributed by atoms with Crippen molar-refractivity contribution in [1.82, 2.24) is 4.98 Å². The van der Waals surface area contributed by atoms with E-state index < -0.39 is 11.9 Å². The van der Waals surface area contributed by atoms with Crippen molar-refractivity contribution in [3.8, 4) is 0 Å². The number of pyridine rings is 1. The predicted octanol–water partition coefficient (Wildman–Crippen LogP) is 2.70. The fourth-order valence-electron chi connectivity index (χ4n) is 2.17. The summed E-state index contributed by atoms with van der Waals surface area (Å²) in [5.41, 5.74) is 0.984. The van der Waals surface area contributed by atoms with Crippen LogP contribution in [0.3, 0.4) is 0 Å². The van der Waals surface area contributed by atoms with Crippen molar-refractivity contribution in [3.05, 3.63) is 47.0 Å². The Morgan fingerprint density at radius 3 is 2.75 bits per heavy atom. The van der Waals surface area contributed by atoms with Gasteiger partial charge in [0, 0.05) is 17.8 Å². The standard InChI is InChI=1S/C17H18N2O5/c1-10-7-13(24-15(10)17(21)22-2)9-23-16(20)11-3-6-14(18-8-11)19-12-4-5-12/h3,6-8,12H,4-5,9H2,1-2H3,(H,18,19). The lowest BCUT2D eigenvalue weighted by molar-refractivity contribution is 0.0438. The van der Waals surface area contributed by atoms with E-state index in [0.29, 0.717) is 22.9 Å². The average molecular weight is 330 g/mol. The largest absolute Gasteiger partial charge is 0.463 e. The first-order valence-electron chi connectivity index (χ1n) is 7.64. The summed E-state index contributed by atoms with van der Waals surface area (Å²) >= 11 is 0. The first-order chi connectivity index (χ1) is 11.6. The Balaban J connectivity index is 1.57. The maximum atomic E-state index is 12.0. The molecule has 0 radical (unpaired) electrons. The lowest BCUT2D eigenvalue weighted by Crippen LogP contribution is -2.07. The number of aromatic nitrogens is 1. The molecular weight excluding hydrogens is 312 g/mol. The van der Waals surface area contributed by atoms with Crippen molar-refractivity contribution in [2.45, 2.75) is 32.4 Å². The van der Waals surface area contributed by atoms with E-state index in [0.717, 1.165) is 18.7 Å². The van der Waals surface area contributed by atoms with Crippen LogP contribution in [0.1, 0.15) is 45.1 Å². The number of furan rings is 1. The molecule has 0 amide bonds. The third kappa shape index (κ3) is 3.73. The first-order valence-corrected chi connectivity index (χ1v) is 7.64. The van der Waals surface area contributed by atoms with Crippen LogP contribution in [0.4, 0.5) is 5.82 Å². The zero-order chi connectivity index (χ0) is 17.1. The molecule has 0 spiro atoms. The number of aryl methyl sites for hydroxylation is 1. The van der Waals surface area contributed by atoms with Crippen molar-refractivity contribution in [2.24, 2.45) is 0 Å². The maximum absolute atomic E-state index is 12.0. The van der Waals surface area contributed by atoms with Gasteiger partial charge in [-0.25, -0.2) is 14.6 Å². The van der Waals surface area contributed by atoms with Gasteiger partial charge in [0.05, 0.1) is 12.7 Å². The summed E-state index contributed by atoms with van der Waals surface area (Å²) in [6, 6.07) is 5.55. The summed E-state index contributed by atoms with van der Waals surface area (Å²) in [7, 11) is 1.28. The highest BCUT2D eigenvalue weighted by atomic mass is 16.6. The molecule has 126 valence electrons. The Morgan fingerprint density at radius 1 is 1.33 bits per heavy atom. The van der Waals surface area contributed by atoms with Crippen LogP contribution in [0, 0.1) is 6.92 Å². The molecule has 7 heteroatoms. The molecule has 1 N–H and O–H groups in total. The van der Waals surface area contributed by atoms with Crippen LogP contribution in [-0.4, -0.2) is 30.1 Å². The van der Waals surface area contributed by atoms with E-state index >= 15 is 0 Å². The number of hydrogen-bond acceptors (Lipinski definition) is 7. The third-order valence-electron chi connectivity index (χ3n) is 3.61. The molecule has 0 bridgehead atoms. The van der Waals surface area contributed by atoms with Gasteiger partial charge in [0.1, 0.15) is 18.2 Å². The number of rotatable bonds is 6. The average Bonchev–Trinajstić information content (AvgIpc) is 3.33. The first kappa shape index (κ1) is 16.0. The minimum Gasteiger partial charge on any atom is -0.463 e. The summed E-state index contributed by atoms with van der Waals surface area (Å²) in [5.74, 6) is 0.169. The van der Waals surface area contributed by atoms with Gasteiger partial charge in [0.15, 0.2) is 0 Å². The topological polar surface area (TPSA) is 90.7 Å². The van der Waals surface area contributed by atoms with Crippen LogP contribution < -0.4 is 5.32 Å². The normalized spacial score (nSPS) is 13.4. The third-order valence-corrected chi connectivity index (χ3v) is 3.61. The molecule has 0 aromatic carbocycles. The van der Waals surface area contributed by atoms with E-state index in [1.54, 1.807) is 25.1 Å². The molecule has 1 aliphatic rings. The van der Waals surface area contributed by atoms with Crippen LogP contribution in [0.5, 0.6) is 0 Å². The summed E-state index contributed by atoms with van der Waals surface area (Å²) in [6.07, 6.45) is 3.78. The molecule has 2 aromatic rings. The summed E-state index contributed by atoms with van der Waals surface area (Å²) in [4.78, 5) is 27.7. The number of hydrogen-bond donors (Lipinski definition) is 1. The van der Waals surface area contributed by atoms with Crippen LogP contribution in [0.2, 0.25) is 0 Å². The molecule has 0 unspecified atom stereocenters. The van der Waals surface area contributed by atoms with Gasteiger partial charge in [-0.2, -0.15) is 0 Å². The van der Waals surface area contributed by atoms with Crippen LogP contribution >= 0.6 is 0 Å². The lowest BCUT2D eigenvalue weighted by Gasteiger charge is -2.05. The molecule has 1 fully saturated rings. The van der Waals surface area contributed by atoms with Crippen molar-refractivity contribution >= 4 is 17.8 Å². The Hall–Kier alpha value is -2.83. The lowest BCUT2D eigenvalue weighted by atomic mass is 10.2. The van der Waals surface area contributed by atoms with E-state index in [9.17, 15) is 9.59 Å². The number of esters is 2. The van der Waals surface area contributed by atoms with Gasteiger partial charge in [-0.3, -0.25) is 0 Å². The second-order valence-corrected chi connectivity index (χ2v) is 5.64. The number of ether oxygens (including phenoxy) is 2. The SMILES string of the molecule is COC(=O)c1oc(COC(=O)c2ccc(NC3CC3)nc2)cc1C. The molecule has 1 saturated carbocycles. The Bertz CT molecular complexity index is 747. The van der Waals surface area contributed by atoms with Gasteiger partial charge in [0.2, 0.25) is 5.76 Å². The highest BCUT2D eigenvalue weighted by Crippen LogP contribution is 2.23. The number of carbonyl (C=O) groups is 2. The summed E-state index contributed by atoms with van der Waals surface area (Å²) in [5, 5.41) is 3.24. The predicted molar refractivity (Wildman–Crippen MR) is 84.8 cm³/mol. The van der Waals surface area contributed by atoms with Crippen molar-refractivity contribution in [1.29, 1.82) is 0 Å². The van der Waals surface area contributed by atoms with Gasteiger partial charge in [-0.1, -0.05) is 0 Å². The van der Waals surface area contributed by atoms with E-state index in [2.05, 4.69) is 15.0 Å². The Morgan fingerprint density at radius 2 is 2.12 bits per heavy atom. The van der Waals surface area contributed by atoms with E-state index in [-0.39, 0.29) is 12.4 Å². The molecule has 24 heavy (non-hydrogen) atoms. The fraction of sp³-hybridized carbons (Fsp3) is 0.353. The number of methoxy groups -OCH3 is 1. The highest BCUT2D eigenvalue weighted by molar-refractivity contribution is 5.89. The van der Waals surface area contributed by atoms with Crippen molar-refractivity contribution < 1.29 is 23.5 Å². The number of anilines is 1. The maximum Gasteiger partial charge on any atom is 0.374 e. The minimum absolute atomic E-state index is 0.0707. The van der Waals surface area contributed by atoms with Crippen molar-refractivity contribution in [3.63, 3.8) is 0 Å². The fourth-order valence-corrected chi connectivity index (χ4v) is 2.17. The zero-order valence-corrected chi connectivity index (χ0v) is 13.5. The second-order valence-electron chi connectivity index (χ2n) is 5.64. The molecule has 0 saturated heterocycles. The van der Waals surface area contributed by atoms with Crippen molar-refractivity contribution in [2.75, 3.05) is 12.4 Å². The van der Waals surface area contributed by atoms with E-state index in [1.807, 2.05) is 0 Å². The van der Waals surface area contributed by atoms with Crippen LogP contribution in [0.25, 0.3) is 0 Å². The second kappa shape index (κ2) is 6.74. The molecule has 2 heterocycles. The number of nitrogens with one attached hydrogen (secondary N) is 1. The molecule has 7 nitrogen and oxygen atoms in total. The molecular formula is C17H18N2O5. The quantitative estimate of drug-likeness (QED) is 0.814. The zero-order valence-electron chi connectivity index (χ0n) is 13.5. The Labute approximate surface area is 139 Å². The van der Waals surface area contributed by atoms with Gasteiger partial charge < -0.3 is 19.2 Å². The van der Waals surface area contributed by atoms with E-state index in [4.69, 9.17) is 9.15 Å². The number of carbonyl (C=O) groups excluding carboxylic acids is 2. The van der Waals surface area contributed by atoms with Gasteiger partial charge in [0.25, 0.3) is 0 Å². The number of nitrogens with zero attached hydrogens (tertiary/aromatic N) is 1. The monoisotopic (exact) mass is 330 g/mol. The van der Waals surface area contributed by atoms with Gasteiger partial charge >= 0.3 is 11.9 Å². The molecule has 2 aromatic heterocycles. The molecule has 0 atom stereocenters. The van der Waals surface area contributed by atoms with Crippen LogP contribution in [0.15, 0.2) is 28.8 Å². The van der Waals surface area contributed by atoms with Gasteiger partial charge in [-0.15, -0.1) is 0 Å². The molecule has 0 aliphatic heterocycles. The Kier molecular flexibility index (Phi) is 4.50. The highest BCUT2D eigenvalue weighted by Gasteiger charge is 2.21.